The summed E-state index contributed by atoms with van der Waals surface area (Å²) in [6.07, 6.45) is -0.280. The Bertz CT molecular complexity index is 1010. The standard InChI is InChI=1S/C22H24F3N5O3/c23-22(24,25)15-10-17(28-19(31)9-14-5-2-1-3-6-14)12-18(11-15)29-21(32)30-20(33-26)13-27-16-7-4-8-16/h1-3,5-6,10-13,16,27H,4,7-9,26H2,(H,28,31)(H2,29,30,32)/b20-13-. The maximum Gasteiger partial charge on any atom is 0.416 e. The number of rotatable bonds is 8. The van der Waals surface area contributed by atoms with Crippen LogP contribution in [0.25, 0.3) is 0 Å². The third kappa shape index (κ3) is 7.42. The average Bonchev–Trinajstić information content (AvgIpc) is 2.71. The SMILES string of the molecule is NO/C(=C\NC1CCC1)NC(=O)Nc1cc(NC(=O)Cc2ccccc2)cc(C(F)(F)F)c1. The number of amides is 3. The zero-order valence-electron chi connectivity index (χ0n) is 17.5. The van der Waals surface area contributed by atoms with Crippen LogP contribution in [0, 0.1) is 0 Å². The highest BCUT2D eigenvalue weighted by Gasteiger charge is 2.31. The van der Waals surface area contributed by atoms with Crippen molar-refractivity contribution < 1.29 is 27.6 Å². The van der Waals surface area contributed by atoms with Gasteiger partial charge in [-0.1, -0.05) is 30.3 Å². The number of urea groups is 1. The van der Waals surface area contributed by atoms with E-state index in [-0.39, 0.29) is 29.7 Å². The lowest BCUT2D eigenvalue weighted by Gasteiger charge is -2.25. The summed E-state index contributed by atoms with van der Waals surface area (Å²) in [4.78, 5) is 29.1. The minimum Gasteiger partial charge on any atom is -0.391 e. The zero-order chi connectivity index (χ0) is 23.8. The van der Waals surface area contributed by atoms with Gasteiger partial charge in [0.25, 0.3) is 0 Å². The second kappa shape index (κ2) is 10.7. The van der Waals surface area contributed by atoms with Crippen LogP contribution in [-0.2, 0) is 22.2 Å². The second-order valence-electron chi connectivity index (χ2n) is 7.51. The molecule has 8 nitrogen and oxygen atoms in total. The van der Waals surface area contributed by atoms with Gasteiger partial charge in [-0.15, -0.1) is 0 Å². The highest BCUT2D eigenvalue weighted by Crippen LogP contribution is 2.33. The van der Waals surface area contributed by atoms with E-state index in [1.165, 1.54) is 12.3 Å². The number of benzene rings is 2. The quantitative estimate of drug-likeness (QED) is 0.301. The fraction of sp³-hybridized carbons (Fsp3) is 0.273. The van der Waals surface area contributed by atoms with Crippen LogP contribution in [0.15, 0.2) is 60.6 Å². The molecule has 176 valence electrons. The number of alkyl halides is 3. The Morgan fingerprint density at radius 2 is 1.73 bits per heavy atom. The Morgan fingerprint density at radius 3 is 2.30 bits per heavy atom. The molecule has 1 fully saturated rings. The van der Waals surface area contributed by atoms with E-state index in [1.807, 2.05) is 0 Å². The van der Waals surface area contributed by atoms with E-state index in [0.29, 0.717) is 5.56 Å². The molecule has 1 aliphatic carbocycles. The molecule has 3 rings (SSSR count). The summed E-state index contributed by atoms with van der Waals surface area (Å²) in [6, 6.07) is 10.9. The first-order valence-corrected chi connectivity index (χ1v) is 10.2. The van der Waals surface area contributed by atoms with Gasteiger partial charge in [-0.25, -0.2) is 4.79 Å². The molecule has 11 heteroatoms. The Balaban J connectivity index is 1.69. The lowest BCUT2D eigenvalue weighted by molar-refractivity contribution is -0.137. The molecule has 0 radical (unpaired) electrons. The Hall–Kier alpha value is -3.73. The van der Waals surface area contributed by atoms with Crippen LogP contribution >= 0.6 is 0 Å². The molecule has 0 aromatic heterocycles. The number of nitrogens with one attached hydrogen (secondary N) is 4. The molecule has 6 N–H and O–H groups in total. The van der Waals surface area contributed by atoms with Crippen molar-refractivity contribution in [3.63, 3.8) is 0 Å². The molecule has 0 atom stereocenters. The topological polar surface area (TPSA) is 118 Å². The van der Waals surface area contributed by atoms with E-state index < -0.39 is 23.7 Å². The number of carbonyl (C=O) groups excluding carboxylic acids is 2. The van der Waals surface area contributed by atoms with Crippen molar-refractivity contribution in [1.82, 2.24) is 10.6 Å². The third-order valence-corrected chi connectivity index (χ3v) is 4.93. The van der Waals surface area contributed by atoms with Crippen LogP contribution in [-0.4, -0.2) is 18.0 Å². The van der Waals surface area contributed by atoms with Crippen molar-refractivity contribution in [1.29, 1.82) is 0 Å². The summed E-state index contributed by atoms with van der Waals surface area (Å²) in [5.41, 5.74) is -0.622. The van der Waals surface area contributed by atoms with Crippen molar-refractivity contribution in [2.24, 2.45) is 5.90 Å². The maximum atomic E-state index is 13.4. The second-order valence-corrected chi connectivity index (χ2v) is 7.51. The minimum atomic E-state index is -4.69. The Morgan fingerprint density at radius 1 is 1.06 bits per heavy atom. The average molecular weight is 463 g/mol. The summed E-state index contributed by atoms with van der Waals surface area (Å²) < 4.78 is 40.1. The first-order chi connectivity index (χ1) is 15.7. The number of hydrogen-bond acceptors (Lipinski definition) is 5. The van der Waals surface area contributed by atoms with Crippen LogP contribution in [0.5, 0.6) is 0 Å². The van der Waals surface area contributed by atoms with Crippen LogP contribution in [0.4, 0.5) is 29.3 Å². The van der Waals surface area contributed by atoms with Crippen LogP contribution < -0.4 is 27.2 Å². The number of hydrogen-bond donors (Lipinski definition) is 5. The lowest BCUT2D eigenvalue weighted by atomic mass is 9.93. The molecule has 1 saturated carbocycles. The van der Waals surface area contributed by atoms with Gasteiger partial charge >= 0.3 is 12.2 Å². The summed E-state index contributed by atoms with van der Waals surface area (Å²) in [6.45, 7) is 0. The molecule has 1 aliphatic rings. The van der Waals surface area contributed by atoms with E-state index >= 15 is 0 Å². The van der Waals surface area contributed by atoms with E-state index in [1.54, 1.807) is 30.3 Å². The number of halogens is 3. The Kier molecular flexibility index (Phi) is 7.78. The van der Waals surface area contributed by atoms with Crippen molar-refractivity contribution in [2.45, 2.75) is 37.9 Å². The number of anilines is 2. The molecule has 0 bridgehead atoms. The lowest BCUT2D eigenvalue weighted by Crippen LogP contribution is -2.35. The normalized spacial score (nSPS) is 14.1. The van der Waals surface area contributed by atoms with E-state index in [4.69, 9.17) is 5.90 Å². The molecule has 0 heterocycles. The van der Waals surface area contributed by atoms with Crippen molar-refractivity contribution in [3.8, 4) is 0 Å². The first-order valence-electron chi connectivity index (χ1n) is 10.2. The fourth-order valence-electron chi connectivity index (χ4n) is 3.06. The summed E-state index contributed by atoms with van der Waals surface area (Å²) in [5.74, 6) is 4.53. The molecule has 0 aliphatic heterocycles. The van der Waals surface area contributed by atoms with Crippen LogP contribution in [0.2, 0.25) is 0 Å². The molecule has 3 amide bonds. The van der Waals surface area contributed by atoms with Gasteiger partial charge in [0.2, 0.25) is 11.8 Å². The van der Waals surface area contributed by atoms with Gasteiger partial charge in [0.05, 0.1) is 18.2 Å². The molecule has 0 saturated heterocycles. The fourth-order valence-corrected chi connectivity index (χ4v) is 3.06. The molecule has 0 spiro atoms. The molecular weight excluding hydrogens is 439 g/mol. The Labute approximate surface area is 188 Å². The molecule has 2 aromatic rings. The predicted octanol–water partition coefficient (Wildman–Crippen LogP) is 3.84. The van der Waals surface area contributed by atoms with E-state index in [9.17, 15) is 22.8 Å². The molecule has 0 unspecified atom stereocenters. The molecule has 33 heavy (non-hydrogen) atoms. The third-order valence-electron chi connectivity index (χ3n) is 4.93. The maximum absolute atomic E-state index is 13.4. The monoisotopic (exact) mass is 463 g/mol. The van der Waals surface area contributed by atoms with Gasteiger partial charge in [0, 0.05) is 17.4 Å². The van der Waals surface area contributed by atoms with Gasteiger partial charge in [-0.2, -0.15) is 19.1 Å². The summed E-state index contributed by atoms with van der Waals surface area (Å²) in [7, 11) is 0. The van der Waals surface area contributed by atoms with Gasteiger partial charge in [-0.05, 0) is 43.0 Å². The largest absolute Gasteiger partial charge is 0.416 e. The molecule has 2 aromatic carbocycles. The van der Waals surface area contributed by atoms with Gasteiger partial charge in [0.15, 0.2) is 0 Å². The zero-order valence-corrected chi connectivity index (χ0v) is 17.5. The van der Waals surface area contributed by atoms with Gasteiger partial charge < -0.3 is 20.8 Å². The minimum absolute atomic E-state index is 0.0175. The van der Waals surface area contributed by atoms with Crippen molar-refractivity contribution in [2.75, 3.05) is 10.6 Å². The van der Waals surface area contributed by atoms with E-state index in [2.05, 4.69) is 26.1 Å². The summed E-state index contributed by atoms with van der Waals surface area (Å²) in [5, 5.41) is 10.0. The molecular formula is C22H24F3N5O3. The highest BCUT2D eigenvalue weighted by molar-refractivity contribution is 5.95. The first kappa shape index (κ1) is 23.9. The van der Waals surface area contributed by atoms with E-state index in [0.717, 1.165) is 31.4 Å². The van der Waals surface area contributed by atoms with Crippen LogP contribution in [0.3, 0.4) is 0 Å². The predicted molar refractivity (Wildman–Crippen MR) is 117 cm³/mol. The number of nitrogens with two attached hydrogens (primary N) is 1. The summed E-state index contributed by atoms with van der Waals surface area (Å²) >= 11 is 0. The number of carbonyl (C=O) groups is 2. The van der Waals surface area contributed by atoms with Crippen molar-refractivity contribution in [3.05, 3.63) is 71.7 Å². The van der Waals surface area contributed by atoms with Gasteiger partial charge in [0.1, 0.15) is 0 Å². The smallest absolute Gasteiger partial charge is 0.391 e. The highest BCUT2D eigenvalue weighted by atomic mass is 19.4. The van der Waals surface area contributed by atoms with Crippen LogP contribution in [0.1, 0.15) is 30.4 Å². The van der Waals surface area contributed by atoms with Crippen molar-refractivity contribution >= 4 is 23.3 Å². The van der Waals surface area contributed by atoms with Gasteiger partial charge in [-0.3, -0.25) is 10.1 Å².